The first-order chi connectivity index (χ1) is 10.1. The maximum absolute atomic E-state index is 12.2. The lowest BCUT2D eigenvalue weighted by Crippen LogP contribution is -2.28. The molecule has 21 heavy (non-hydrogen) atoms. The third-order valence-electron chi connectivity index (χ3n) is 2.84. The van der Waals surface area contributed by atoms with Gasteiger partial charge >= 0.3 is 0 Å². The zero-order chi connectivity index (χ0) is 15.2. The molecule has 0 bridgehead atoms. The van der Waals surface area contributed by atoms with Gasteiger partial charge in [0.2, 0.25) is 0 Å². The van der Waals surface area contributed by atoms with Gasteiger partial charge < -0.3 is 10.6 Å². The van der Waals surface area contributed by atoms with Crippen molar-refractivity contribution in [3.05, 3.63) is 52.2 Å². The second-order valence-corrected chi connectivity index (χ2v) is 6.03. The largest absolute Gasteiger partial charge is 0.352 e. The number of hydrogen-bond donors (Lipinski definition) is 2. The van der Waals surface area contributed by atoms with Crippen LogP contribution in [0.25, 0.3) is 0 Å². The number of rotatable bonds is 5. The quantitative estimate of drug-likeness (QED) is 0.889. The van der Waals surface area contributed by atoms with Crippen LogP contribution in [0.3, 0.4) is 0 Å². The van der Waals surface area contributed by atoms with Crippen molar-refractivity contribution in [2.24, 2.45) is 5.92 Å². The summed E-state index contributed by atoms with van der Waals surface area (Å²) in [5.74, 6) is 0.00158. The summed E-state index contributed by atoms with van der Waals surface area (Å²) in [5.41, 5.74) is 1.00. The molecule has 0 aliphatic heterocycles. The van der Waals surface area contributed by atoms with Crippen molar-refractivity contribution in [3.63, 3.8) is 0 Å². The zero-order valence-corrected chi connectivity index (χ0v) is 12.9. The van der Waals surface area contributed by atoms with Crippen LogP contribution in [-0.2, 0) is 0 Å². The lowest BCUT2D eigenvalue weighted by Gasteiger charge is -2.12. The van der Waals surface area contributed by atoms with Gasteiger partial charge in [0.05, 0.1) is 16.1 Å². The molecule has 1 aromatic heterocycles. The molecule has 0 spiro atoms. The SMILES string of the molecule is CC(C)CNC(=O)c1ccccc1NC(=O)c1cccs1. The van der Waals surface area contributed by atoms with Crippen molar-refractivity contribution >= 4 is 28.8 Å². The number of carbonyl (C=O) groups is 2. The Kier molecular flexibility index (Phi) is 5.11. The van der Waals surface area contributed by atoms with Crippen LogP contribution in [0.1, 0.15) is 33.9 Å². The van der Waals surface area contributed by atoms with Crippen molar-refractivity contribution in [1.82, 2.24) is 5.32 Å². The lowest BCUT2D eigenvalue weighted by atomic mass is 10.1. The predicted molar refractivity (Wildman–Crippen MR) is 85.9 cm³/mol. The highest BCUT2D eigenvalue weighted by Gasteiger charge is 2.14. The van der Waals surface area contributed by atoms with Crippen LogP contribution in [0.2, 0.25) is 0 Å². The Balaban J connectivity index is 2.13. The molecular weight excluding hydrogens is 284 g/mol. The van der Waals surface area contributed by atoms with Gasteiger partial charge in [0.15, 0.2) is 0 Å². The van der Waals surface area contributed by atoms with Crippen molar-refractivity contribution in [1.29, 1.82) is 0 Å². The van der Waals surface area contributed by atoms with E-state index in [0.29, 0.717) is 28.6 Å². The summed E-state index contributed by atoms with van der Waals surface area (Å²) in [4.78, 5) is 24.9. The third kappa shape index (κ3) is 4.16. The highest BCUT2D eigenvalue weighted by molar-refractivity contribution is 7.12. The van der Waals surface area contributed by atoms with Crippen LogP contribution in [0, 0.1) is 5.92 Å². The van der Waals surface area contributed by atoms with Crippen molar-refractivity contribution < 1.29 is 9.59 Å². The monoisotopic (exact) mass is 302 g/mol. The fraction of sp³-hybridized carbons (Fsp3) is 0.250. The smallest absolute Gasteiger partial charge is 0.265 e. The second-order valence-electron chi connectivity index (χ2n) is 5.08. The predicted octanol–water partition coefficient (Wildman–Crippen LogP) is 3.39. The van der Waals surface area contributed by atoms with Crippen molar-refractivity contribution in [3.8, 4) is 0 Å². The van der Waals surface area contributed by atoms with E-state index < -0.39 is 0 Å². The summed E-state index contributed by atoms with van der Waals surface area (Å²) < 4.78 is 0. The van der Waals surface area contributed by atoms with Crippen LogP contribution in [0.4, 0.5) is 5.69 Å². The summed E-state index contributed by atoms with van der Waals surface area (Å²) in [5, 5.41) is 7.49. The summed E-state index contributed by atoms with van der Waals surface area (Å²) >= 11 is 1.37. The Morgan fingerprint density at radius 1 is 1.10 bits per heavy atom. The Hall–Kier alpha value is -2.14. The van der Waals surface area contributed by atoms with E-state index in [0.717, 1.165) is 0 Å². The molecule has 0 aliphatic rings. The Morgan fingerprint density at radius 2 is 1.86 bits per heavy atom. The van der Waals surface area contributed by atoms with E-state index in [-0.39, 0.29) is 11.8 Å². The van der Waals surface area contributed by atoms with Crippen LogP contribution in [0.15, 0.2) is 41.8 Å². The van der Waals surface area contributed by atoms with Crippen LogP contribution < -0.4 is 10.6 Å². The molecule has 0 unspecified atom stereocenters. The molecule has 110 valence electrons. The van der Waals surface area contributed by atoms with Crippen LogP contribution in [-0.4, -0.2) is 18.4 Å². The number of hydrogen-bond acceptors (Lipinski definition) is 3. The molecular formula is C16H18N2O2S. The van der Waals surface area contributed by atoms with Gasteiger partial charge in [-0.15, -0.1) is 11.3 Å². The van der Waals surface area contributed by atoms with E-state index in [1.807, 2.05) is 25.3 Å². The highest BCUT2D eigenvalue weighted by Crippen LogP contribution is 2.18. The molecule has 2 aromatic rings. The molecule has 0 aliphatic carbocycles. The number of thiophene rings is 1. The molecule has 2 rings (SSSR count). The molecule has 0 atom stereocenters. The van der Waals surface area contributed by atoms with Gasteiger partial charge in [0.25, 0.3) is 11.8 Å². The minimum atomic E-state index is -0.200. The van der Waals surface area contributed by atoms with E-state index >= 15 is 0 Å². The lowest BCUT2D eigenvalue weighted by molar-refractivity contribution is 0.0950. The molecule has 1 aromatic carbocycles. The molecule has 1 heterocycles. The van der Waals surface area contributed by atoms with Gasteiger partial charge in [0, 0.05) is 6.54 Å². The Labute approximate surface area is 128 Å². The van der Waals surface area contributed by atoms with E-state index in [9.17, 15) is 9.59 Å². The first-order valence-corrected chi connectivity index (χ1v) is 7.68. The number of para-hydroxylation sites is 1. The van der Waals surface area contributed by atoms with Crippen molar-refractivity contribution in [2.75, 3.05) is 11.9 Å². The minimum Gasteiger partial charge on any atom is -0.352 e. The first-order valence-electron chi connectivity index (χ1n) is 6.80. The number of carbonyl (C=O) groups excluding carboxylic acids is 2. The van der Waals surface area contributed by atoms with Gasteiger partial charge in [-0.3, -0.25) is 9.59 Å². The summed E-state index contributed by atoms with van der Waals surface area (Å²) in [6.45, 7) is 4.67. The fourth-order valence-corrected chi connectivity index (χ4v) is 2.39. The number of anilines is 1. The van der Waals surface area contributed by atoms with E-state index in [1.54, 1.807) is 30.3 Å². The topological polar surface area (TPSA) is 58.2 Å². The molecule has 0 fully saturated rings. The molecule has 0 saturated heterocycles. The van der Waals surface area contributed by atoms with Gasteiger partial charge in [-0.2, -0.15) is 0 Å². The maximum atomic E-state index is 12.2. The first kappa shape index (κ1) is 15.3. The van der Waals surface area contributed by atoms with E-state index in [1.165, 1.54) is 11.3 Å². The number of benzene rings is 1. The summed E-state index contributed by atoms with van der Waals surface area (Å²) in [7, 11) is 0. The average molecular weight is 302 g/mol. The molecule has 5 heteroatoms. The maximum Gasteiger partial charge on any atom is 0.265 e. The normalized spacial score (nSPS) is 10.4. The van der Waals surface area contributed by atoms with Crippen LogP contribution >= 0.6 is 11.3 Å². The second kappa shape index (κ2) is 7.04. The average Bonchev–Trinajstić information content (AvgIpc) is 2.99. The van der Waals surface area contributed by atoms with E-state index in [4.69, 9.17) is 0 Å². The number of amides is 2. The van der Waals surface area contributed by atoms with Crippen molar-refractivity contribution in [2.45, 2.75) is 13.8 Å². The Bertz CT molecular complexity index is 621. The van der Waals surface area contributed by atoms with Gasteiger partial charge in [-0.1, -0.05) is 32.0 Å². The highest BCUT2D eigenvalue weighted by atomic mass is 32.1. The Morgan fingerprint density at radius 3 is 2.52 bits per heavy atom. The fourth-order valence-electron chi connectivity index (χ4n) is 1.77. The van der Waals surface area contributed by atoms with Gasteiger partial charge in [-0.05, 0) is 29.5 Å². The van der Waals surface area contributed by atoms with Gasteiger partial charge in [-0.25, -0.2) is 0 Å². The molecule has 2 N–H and O–H groups in total. The zero-order valence-electron chi connectivity index (χ0n) is 12.1. The molecule has 0 saturated carbocycles. The van der Waals surface area contributed by atoms with Gasteiger partial charge in [0.1, 0.15) is 0 Å². The molecule has 2 amide bonds. The third-order valence-corrected chi connectivity index (χ3v) is 3.70. The van der Waals surface area contributed by atoms with E-state index in [2.05, 4.69) is 10.6 Å². The standard InChI is InChI=1S/C16H18N2O2S/c1-11(2)10-17-15(19)12-6-3-4-7-13(12)18-16(20)14-8-5-9-21-14/h3-9,11H,10H2,1-2H3,(H,17,19)(H,18,20). The summed E-state index contributed by atoms with van der Waals surface area (Å²) in [6, 6.07) is 10.6. The summed E-state index contributed by atoms with van der Waals surface area (Å²) in [6.07, 6.45) is 0. The number of nitrogens with one attached hydrogen (secondary N) is 2. The van der Waals surface area contributed by atoms with Crippen LogP contribution in [0.5, 0.6) is 0 Å². The molecule has 0 radical (unpaired) electrons. The molecule has 4 nitrogen and oxygen atoms in total. The minimum absolute atomic E-state index is 0.175.